The lowest BCUT2D eigenvalue weighted by Gasteiger charge is -2.34. The van der Waals surface area contributed by atoms with Crippen LogP contribution in [0.15, 0.2) is 73.3 Å². The quantitative estimate of drug-likeness (QED) is 0.555. The molecule has 22 heavy (non-hydrogen) atoms. The first kappa shape index (κ1) is 16.5. The molecule has 0 aromatic heterocycles. The van der Waals surface area contributed by atoms with Crippen LogP contribution in [0.4, 0.5) is 0 Å². The van der Waals surface area contributed by atoms with Crippen molar-refractivity contribution >= 4 is 0 Å². The third-order valence-electron chi connectivity index (χ3n) is 4.01. The number of nitrogens with one attached hydrogen (secondary N) is 1. The predicted molar refractivity (Wildman–Crippen MR) is 93.0 cm³/mol. The molecule has 0 radical (unpaired) electrons. The van der Waals surface area contributed by atoms with Gasteiger partial charge in [-0.25, -0.2) is 0 Å². The Hall–Kier alpha value is -1.90. The molecule has 2 aromatic carbocycles. The fourth-order valence-corrected chi connectivity index (χ4v) is 2.80. The van der Waals surface area contributed by atoms with E-state index in [0.717, 1.165) is 25.9 Å². The van der Waals surface area contributed by atoms with Crippen LogP contribution in [0.2, 0.25) is 0 Å². The summed E-state index contributed by atoms with van der Waals surface area (Å²) in [5.41, 5.74) is 1.97. The largest absolute Gasteiger partial charge is 0.369 e. The van der Waals surface area contributed by atoms with Crippen molar-refractivity contribution in [3.05, 3.63) is 84.4 Å². The summed E-state index contributed by atoms with van der Waals surface area (Å²) in [4.78, 5) is 0. The molecule has 1 N–H and O–H groups in total. The molecule has 2 heteroatoms. The number of hydrogen-bond donors (Lipinski definition) is 1. The summed E-state index contributed by atoms with van der Waals surface area (Å²) in [7, 11) is 1.80. The zero-order valence-corrected chi connectivity index (χ0v) is 13.3. The third kappa shape index (κ3) is 3.85. The van der Waals surface area contributed by atoms with E-state index in [4.69, 9.17) is 4.74 Å². The monoisotopic (exact) mass is 295 g/mol. The first-order valence-electron chi connectivity index (χ1n) is 7.81. The van der Waals surface area contributed by atoms with E-state index < -0.39 is 5.60 Å². The first-order valence-corrected chi connectivity index (χ1v) is 7.81. The topological polar surface area (TPSA) is 21.3 Å². The summed E-state index contributed by atoms with van der Waals surface area (Å²) in [6.07, 6.45) is 3.80. The fourth-order valence-electron chi connectivity index (χ4n) is 2.80. The standard InChI is InChI=1S/C20H25NO/c1-3-4-16-21-17-15-20(22-2,18-11-7-5-8-12-18)19-13-9-6-10-14-19/h3,5-14,21H,1,4,15-17H2,2H3. The number of hydrogen-bond acceptors (Lipinski definition) is 2. The molecule has 0 saturated carbocycles. The van der Waals surface area contributed by atoms with Crippen LogP contribution in [0, 0.1) is 0 Å². The molecule has 0 aliphatic carbocycles. The van der Waals surface area contributed by atoms with Crippen LogP contribution in [0.5, 0.6) is 0 Å². The van der Waals surface area contributed by atoms with Crippen molar-refractivity contribution in [3.8, 4) is 0 Å². The second kappa shape index (κ2) is 8.52. The molecular formula is C20H25NO. The van der Waals surface area contributed by atoms with Gasteiger partial charge in [0, 0.05) is 7.11 Å². The Bertz CT molecular complexity index is 511. The van der Waals surface area contributed by atoms with Crippen molar-refractivity contribution in [1.82, 2.24) is 5.32 Å². The Labute approximate surface area is 133 Å². The van der Waals surface area contributed by atoms with Gasteiger partial charge < -0.3 is 10.1 Å². The molecule has 0 spiro atoms. The molecule has 0 amide bonds. The second-order valence-corrected chi connectivity index (χ2v) is 5.34. The average molecular weight is 295 g/mol. The van der Waals surface area contributed by atoms with Crippen LogP contribution in [-0.4, -0.2) is 20.2 Å². The molecule has 0 atom stereocenters. The van der Waals surface area contributed by atoms with Gasteiger partial charge in [-0.1, -0.05) is 66.7 Å². The molecule has 0 heterocycles. The Kier molecular flexibility index (Phi) is 6.38. The van der Waals surface area contributed by atoms with E-state index in [9.17, 15) is 0 Å². The van der Waals surface area contributed by atoms with Crippen molar-refractivity contribution in [2.45, 2.75) is 18.4 Å². The van der Waals surface area contributed by atoms with E-state index in [0.29, 0.717) is 0 Å². The predicted octanol–water partition coefficient (Wildman–Crippen LogP) is 4.13. The van der Waals surface area contributed by atoms with Crippen LogP contribution in [0.3, 0.4) is 0 Å². The molecule has 0 aliphatic heterocycles. The summed E-state index contributed by atoms with van der Waals surface area (Å²) < 4.78 is 6.06. The second-order valence-electron chi connectivity index (χ2n) is 5.34. The van der Waals surface area contributed by atoms with Gasteiger partial charge in [0.15, 0.2) is 0 Å². The van der Waals surface area contributed by atoms with Crippen LogP contribution >= 0.6 is 0 Å². The van der Waals surface area contributed by atoms with Crippen molar-refractivity contribution in [1.29, 1.82) is 0 Å². The van der Waals surface area contributed by atoms with E-state index in [2.05, 4.69) is 60.4 Å². The molecule has 0 fully saturated rings. The molecular weight excluding hydrogens is 270 g/mol. The number of methoxy groups -OCH3 is 1. The van der Waals surface area contributed by atoms with Gasteiger partial charge >= 0.3 is 0 Å². The van der Waals surface area contributed by atoms with Gasteiger partial charge in [0.1, 0.15) is 5.60 Å². The Morgan fingerprint density at radius 1 is 0.955 bits per heavy atom. The lowest BCUT2D eigenvalue weighted by molar-refractivity contribution is 0.0148. The van der Waals surface area contributed by atoms with Crippen molar-refractivity contribution in [2.24, 2.45) is 0 Å². The van der Waals surface area contributed by atoms with Gasteiger partial charge in [-0.3, -0.25) is 0 Å². The number of benzene rings is 2. The van der Waals surface area contributed by atoms with E-state index in [-0.39, 0.29) is 0 Å². The minimum Gasteiger partial charge on any atom is -0.369 e. The molecule has 2 rings (SSSR count). The summed E-state index contributed by atoms with van der Waals surface area (Å²) in [6.45, 7) is 5.60. The Morgan fingerprint density at radius 2 is 1.50 bits per heavy atom. The lowest BCUT2D eigenvalue weighted by atomic mass is 9.83. The molecule has 2 nitrogen and oxygen atoms in total. The average Bonchev–Trinajstić information content (AvgIpc) is 2.60. The molecule has 0 unspecified atom stereocenters. The van der Waals surface area contributed by atoms with Crippen LogP contribution in [0.1, 0.15) is 24.0 Å². The Balaban J connectivity index is 2.25. The van der Waals surface area contributed by atoms with Gasteiger partial charge in [-0.2, -0.15) is 0 Å². The normalized spacial score (nSPS) is 11.3. The molecule has 0 saturated heterocycles. The van der Waals surface area contributed by atoms with E-state index >= 15 is 0 Å². The van der Waals surface area contributed by atoms with Gasteiger partial charge in [-0.05, 0) is 37.1 Å². The fraction of sp³-hybridized carbons (Fsp3) is 0.300. The summed E-state index contributed by atoms with van der Waals surface area (Å²) >= 11 is 0. The highest BCUT2D eigenvalue weighted by Crippen LogP contribution is 2.36. The van der Waals surface area contributed by atoms with E-state index in [1.807, 2.05) is 18.2 Å². The highest BCUT2D eigenvalue weighted by molar-refractivity contribution is 5.36. The van der Waals surface area contributed by atoms with Crippen LogP contribution < -0.4 is 5.32 Å². The van der Waals surface area contributed by atoms with E-state index in [1.165, 1.54) is 11.1 Å². The highest BCUT2D eigenvalue weighted by Gasteiger charge is 2.33. The maximum atomic E-state index is 6.06. The van der Waals surface area contributed by atoms with Gasteiger partial charge in [0.2, 0.25) is 0 Å². The summed E-state index contributed by atoms with van der Waals surface area (Å²) in [5, 5.41) is 3.46. The SMILES string of the molecule is C=CCCNCCC(OC)(c1ccccc1)c1ccccc1. The maximum Gasteiger partial charge on any atom is 0.119 e. The summed E-state index contributed by atoms with van der Waals surface area (Å²) in [6, 6.07) is 20.9. The van der Waals surface area contributed by atoms with Gasteiger partial charge in [0.25, 0.3) is 0 Å². The van der Waals surface area contributed by atoms with Crippen LogP contribution in [-0.2, 0) is 10.3 Å². The van der Waals surface area contributed by atoms with Crippen molar-refractivity contribution < 1.29 is 4.74 Å². The highest BCUT2D eigenvalue weighted by atomic mass is 16.5. The molecule has 0 aliphatic rings. The van der Waals surface area contributed by atoms with Crippen LogP contribution in [0.25, 0.3) is 0 Å². The number of rotatable bonds is 9. The zero-order valence-electron chi connectivity index (χ0n) is 13.3. The van der Waals surface area contributed by atoms with E-state index in [1.54, 1.807) is 7.11 Å². The zero-order chi connectivity index (χ0) is 15.7. The van der Waals surface area contributed by atoms with Crippen molar-refractivity contribution in [2.75, 3.05) is 20.2 Å². The Morgan fingerprint density at radius 3 is 1.95 bits per heavy atom. The number of ether oxygens (including phenoxy) is 1. The maximum absolute atomic E-state index is 6.06. The van der Waals surface area contributed by atoms with Gasteiger partial charge in [-0.15, -0.1) is 6.58 Å². The van der Waals surface area contributed by atoms with Gasteiger partial charge in [0.05, 0.1) is 0 Å². The molecule has 2 aromatic rings. The lowest BCUT2D eigenvalue weighted by Crippen LogP contribution is -2.34. The van der Waals surface area contributed by atoms with Crippen molar-refractivity contribution in [3.63, 3.8) is 0 Å². The molecule has 0 bridgehead atoms. The first-order chi connectivity index (χ1) is 10.8. The third-order valence-corrected chi connectivity index (χ3v) is 4.01. The minimum absolute atomic E-state index is 0.413. The smallest absolute Gasteiger partial charge is 0.119 e. The summed E-state index contributed by atoms with van der Waals surface area (Å²) in [5.74, 6) is 0. The molecule has 116 valence electrons. The minimum atomic E-state index is -0.413.